The predicted octanol–water partition coefficient (Wildman–Crippen LogP) is 0.966. The first-order chi connectivity index (χ1) is 6.68. The molecule has 2 aromatic heterocycles. The Morgan fingerprint density at radius 3 is 3.07 bits per heavy atom. The number of hydrogen-bond donors (Lipinski definition) is 2. The van der Waals surface area contributed by atoms with Crippen molar-refractivity contribution < 1.29 is 0 Å². The second-order valence-corrected chi connectivity index (χ2v) is 3.56. The van der Waals surface area contributed by atoms with Gasteiger partial charge in [-0.1, -0.05) is 0 Å². The number of pyridine rings is 1. The quantitative estimate of drug-likeness (QED) is 0.741. The number of fused-ring (bicyclic) bond motifs is 1. The molecule has 74 valence electrons. The molecule has 4 N–H and O–H groups in total. The molecule has 2 heterocycles. The van der Waals surface area contributed by atoms with Gasteiger partial charge in [0.25, 0.3) is 0 Å². The molecule has 0 bridgehead atoms. The standard InChI is InChI=1S/C10H14N4/c1-7(11)6-14-9-3-2-4-13-8(9)5-10(14)12/h2-5,7H,6,11-12H2,1H3/t7-/m0/s1. The molecule has 14 heavy (non-hydrogen) atoms. The lowest BCUT2D eigenvalue weighted by atomic mass is 10.3. The average molecular weight is 190 g/mol. The van der Waals surface area contributed by atoms with E-state index < -0.39 is 0 Å². The van der Waals surface area contributed by atoms with E-state index >= 15 is 0 Å². The van der Waals surface area contributed by atoms with Crippen molar-refractivity contribution in [2.45, 2.75) is 19.5 Å². The molecule has 4 heteroatoms. The lowest BCUT2D eigenvalue weighted by molar-refractivity contribution is 0.610. The zero-order chi connectivity index (χ0) is 10.1. The summed E-state index contributed by atoms with van der Waals surface area (Å²) in [5.74, 6) is 0.719. The van der Waals surface area contributed by atoms with Gasteiger partial charge in [0.2, 0.25) is 0 Å². The minimum atomic E-state index is 0.0908. The highest BCUT2D eigenvalue weighted by Gasteiger charge is 2.07. The van der Waals surface area contributed by atoms with Gasteiger partial charge in [-0.15, -0.1) is 0 Å². The van der Waals surface area contributed by atoms with Crippen molar-refractivity contribution in [2.75, 3.05) is 5.73 Å². The Hall–Kier alpha value is -1.55. The van der Waals surface area contributed by atoms with Gasteiger partial charge in [0.1, 0.15) is 5.82 Å². The lowest BCUT2D eigenvalue weighted by Crippen LogP contribution is -2.22. The fourth-order valence-electron chi connectivity index (χ4n) is 1.60. The van der Waals surface area contributed by atoms with Crippen LogP contribution in [0.1, 0.15) is 6.92 Å². The van der Waals surface area contributed by atoms with Crippen LogP contribution >= 0.6 is 0 Å². The van der Waals surface area contributed by atoms with Crippen LogP contribution in [0.15, 0.2) is 24.4 Å². The van der Waals surface area contributed by atoms with E-state index in [0.29, 0.717) is 0 Å². The summed E-state index contributed by atoms with van der Waals surface area (Å²) in [4.78, 5) is 4.23. The van der Waals surface area contributed by atoms with E-state index in [0.717, 1.165) is 23.4 Å². The van der Waals surface area contributed by atoms with Crippen LogP contribution in [-0.2, 0) is 6.54 Å². The summed E-state index contributed by atoms with van der Waals surface area (Å²) in [6.45, 7) is 2.68. The largest absolute Gasteiger partial charge is 0.385 e. The Bertz CT molecular complexity index is 444. The predicted molar refractivity (Wildman–Crippen MR) is 57.8 cm³/mol. The second kappa shape index (κ2) is 3.31. The first-order valence-corrected chi connectivity index (χ1v) is 4.64. The van der Waals surface area contributed by atoms with Crippen LogP contribution in [0.4, 0.5) is 5.82 Å². The van der Waals surface area contributed by atoms with E-state index in [1.807, 2.05) is 29.7 Å². The van der Waals surface area contributed by atoms with E-state index in [9.17, 15) is 0 Å². The van der Waals surface area contributed by atoms with Gasteiger partial charge in [0.15, 0.2) is 0 Å². The molecule has 0 saturated carbocycles. The van der Waals surface area contributed by atoms with Crippen molar-refractivity contribution in [3.63, 3.8) is 0 Å². The van der Waals surface area contributed by atoms with E-state index in [1.54, 1.807) is 6.20 Å². The highest BCUT2D eigenvalue weighted by atomic mass is 15.1. The molecule has 0 fully saturated rings. The van der Waals surface area contributed by atoms with Crippen molar-refractivity contribution in [3.05, 3.63) is 24.4 Å². The van der Waals surface area contributed by atoms with Gasteiger partial charge in [-0.05, 0) is 19.1 Å². The summed E-state index contributed by atoms with van der Waals surface area (Å²) in [6, 6.07) is 5.87. The summed E-state index contributed by atoms with van der Waals surface area (Å²) in [5, 5.41) is 0. The SMILES string of the molecule is C[C@H](N)Cn1c(N)cc2ncccc21. The van der Waals surface area contributed by atoms with Gasteiger partial charge in [0, 0.05) is 24.8 Å². The number of nitrogen functional groups attached to an aromatic ring is 1. The number of rotatable bonds is 2. The van der Waals surface area contributed by atoms with Crippen molar-refractivity contribution in [2.24, 2.45) is 5.73 Å². The highest BCUT2D eigenvalue weighted by molar-refractivity contribution is 5.80. The van der Waals surface area contributed by atoms with Crippen molar-refractivity contribution in [1.29, 1.82) is 0 Å². The number of nitrogens with zero attached hydrogens (tertiary/aromatic N) is 2. The molecule has 0 amide bonds. The summed E-state index contributed by atoms with van der Waals surface area (Å²) >= 11 is 0. The fourth-order valence-corrected chi connectivity index (χ4v) is 1.60. The maximum atomic E-state index is 5.87. The van der Waals surface area contributed by atoms with Crippen LogP contribution in [0.5, 0.6) is 0 Å². The molecular weight excluding hydrogens is 176 g/mol. The maximum absolute atomic E-state index is 5.87. The van der Waals surface area contributed by atoms with Crippen molar-refractivity contribution in [1.82, 2.24) is 9.55 Å². The monoisotopic (exact) mass is 190 g/mol. The summed E-state index contributed by atoms with van der Waals surface area (Å²) < 4.78 is 1.99. The molecule has 0 unspecified atom stereocenters. The molecule has 0 aliphatic rings. The summed E-state index contributed by atoms with van der Waals surface area (Å²) in [6.07, 6.45) is 1.76. The maximum Gasteiger partial charge on any atom is 0.105 e. The lowest BCUT2D eigenvalue weighted by Gasteiger charge is -2.09. The van der Waals surface area contributed by atoms with Gasteiger partial charge >= 0.3 is 0 Å². The van der Waals surface area contributed by atoms with Crippen LogP contribution in [0, 0.1) is 0 Å². The molecule has 1 atom stereocenters. The summed E-state index contributed by atoms with van der Waals surface area (Å²) in [7, 11) is 0. The van der Waals surface area contributed by atoms with Crippen LogP contribution < -0.4 is 11.5 Å². The minimum Gasteiger partial charge on any atom is -0.385 e. The molecule has 4 nitrogen and oxygen atoms in total. The molecule has 0 spiro atoms. The first kappa shape index (κ1) is 9.02. The molecule has 0 aliphatic heterocycles. The average Bonchev–Trinajstić information content (AvgIpc) is 2.43. The van der Waals surface area contributed by atoms with Crippen LogP contribution in [0.2, 0.25) is 0 Å². The van der Waals surface area contributed by atoms with Crippen LogP contribution in [0.25, 0.3) is 11.0 Å². The number of aromatic nitrogens is 2. The minimum absolute atomic E-state index is 0.0908. The number of nitrogens with two attached hydrogens (primary N) is 2. The number of hydrogen-bond acceptors (Lipinski definition) is 3. The molecule has 0 aliphatic carbocycles. The van der Waals surface area contributed by atoms with E-state index in [4.69, 9.17) is 11.5 Å². The van der Waals surface area contributed by atoms with Gasteiger partial charge < -0.3 is 16.0 Å². The van der Waals surface area contributed by atoms with Crippen LogP contribution in [0.3, 0.4) is 0 Å². The molecule has 0 saturated heterocycles. The highest BCUT2D eigenvalue weighted by Crippen LogP contribution is 2.19. The zero-order valence-corrected chi connectivity index (χ0v) is 8.14. The van der Waals surface area contributed by atoms with Crippen LogP contribution in [-0.4, -0.2) is 15.6 Å². The molecular formula is C10H14N4. The molecule has 2 rings (SSSR count). The fraction of sp³-hybridized carbons (Fsp3) is 0.300. The third kappa shape index (κ3) is 1.44. The van der Waals surface area contributed by atoms with Gasteiger partial charge in [-0.2, -0.15) is 0 Å². The number of anilines is 1. The van der Waals surface area contributed by atoms with E-state index in [-0.39, 0.29) is 6.04 Å². The molecule has 0 aromatic carbocycles. The van der Waals surface area contributed by atoms with E-state index in [1.165, 1.54) is 0 Å². The van der Waals surface area contributed by atoms with Crippen molar-refractivity contribution >= 4 is 16.9 Å². The molecule has 0 radical (unpaired) electrons. The Labute approximate surface area is 82.5 Å². The summed E-state index contributed by atoms with van der Waals surface area (Å²) in [5.41, 5.74) is 13.6. The first-order valence-electron chi connectivity index (χ1n) is 4.64. The van der Waals surface area contributed by atoms with Gasteiger partial charge in [-0.3, -0.25) is 4.98 Å². The van der Waals surface area contributed by atoms with Crippen molar-refractivity contribution in [3.8, 4) is 0 Å². The Morgan fingerprint density at radius 1 is 1.57 bits per heavy atom. The topological polar surface area (TPSA) is 69.9 Å². The zero-order valence-electron chi connectivity index (χ0n) is 8.14. The molecule has 2 aromatic rings. The van der Waals surface area contributed by atoms with E-state index in [2.05, 4.69) is 4.98 Å². The Morgan fingerprint density at radius 2 is 2.36 bits per heavy atom. The third-order valence-corrected chi connectivity index (χ3v) is 2.17. The van der Waals surface area contributed by atoms with Gasteiger partial charge in [-0.25, -0.2) is 0 Å². The Kier molecular flexibility index (Phi) is 2.13. The van der Waals surface area contributed by atoms with Gasteiger partial charge in [0.05, 0.1) is 11.0 Å². The second-order valence-electron chi connectivity index (χ2n) is 3.56. The Balaban J connectivity index is 2.56. The smallest absolute Gasteiger partial charge is 0.105 e. The normalized spacial score (nSPS) is 13.3. The third-order valence-electron chi connectivity index (χ3n) is 2.17.